The second-order valence-corrected chi connectivity index (χ2v) is 4.94. The number of anilines is 1. The number of nitrogens with zero attached hydrogens (tertiary/aromatic N) is 4. The summed E-state index contributed by atoms with van der Waals surface area (Å²) in [6.45, 7) is 1.98. The highest BCUT2D eigenvalue weighted by atomic mass is 32.1. The minimum atomic E-state index is 0.408. The molecule has 3 aromatic heterocycles. The molecule has 3 heterocycles. The summed E-state index contributed by atoms with van der Waals surface area (Å²) >= 11 is 1.49. The topological polar surface area (TPSA) is 90.7 Å². The summed E-state index contributed by atoms with van der Waals surface area (Å²) in [5.41, 5.74) is 7.27. The van der Waals surface area contributed by atoms with Crippen molar-refractivity contribution in [3.05, 3.63) is 29.5 Å². The lowest BCUT2D eigenvalue weighted by Crippen LogP contribution is -1.86. The van der Waals surface area contributed by atoms with Gasteiger partial charge in [-0.2, -0.15) is 4.98 Å². The highest BCUT2D eigenvalue weighted by Gasteiger charge is 2.15. The van der Waals surface area contributed by atoms with Crippen molar-refractivity contribution in [1.29, 1.82) is 0 Å². The molecule has 0 spiro atoms. The molecule has 3 rings (SSSR count). The van der Waals surface area contributed by atoms with Crippen molar-refractivity contribution in [3.63, 3.8) is 0 Å². The zero-order valence-corrected chi connectivity index (χ0v) is 10.3. The van der Waals surface area contributed by atoms with Crippen molar-refractivity contribution in [1.82, 2.24) is 20.1 Å². The average Bonchev–Trinajstić information content (AvgIpc) is 2.97. The largest absolute Gasteiger partial charge is 0.390 e. The normalized spacial score (nSPS) is 10.7. The van der Waals surface area contributed by atoms with Gasteiger partial charge in [0, 0.05) is 11.1 Å². The molecule has 3 aromatic rings. The third-order valence-electron chi connectivity index (χ3n) is 2.35. The van der Waals surface area contributed by atoms with E-state index in [1.165, 1.54) is 17.7 Å². The molecule has 0 radical (unpaired) electrons. The fourth-order valence-electron chi connectivity index (χ4n) is 1.56. The lowest BCUT2D eigenvalue weighted by molar-refractivity contribution is 0.432. The summed E-state index contributed by atoms with van der Waals surface area (Å²) < 4.78 is 5.20. The minimum absolute atomic E-state index is 0.408. The number of aryl methyl sites for hydroxylation is 1. The third-order valence-corrected chi connectivity index (χ3v) is 3.23. The molecule has 0 aliphatic rings. The zero-order chi connectivity index (χ0) is 12.5. The van der Waals surface area contributed by atoms with Crippen LogP contribution in [0.2, 0.25) is 0 Å². The molecule has 0 bridgehead atoms. The highest BCUT2D eigenvalue weighted by Crippen LogP contribution is 2.33. The van der Waals surface area contributed by atoms with E-state index in [9.17, 15) is 0 Å². The molecule has 18 heavy (non-hydrogen) atoms. The first-order valence-electron chi connectivity index (χ1n) is 5.20. The number of hydrogen-bond donors (Lipinski definition) is 1. The predicted octanol–water partition coefficient (Wildman–Crippen LogP) is 2.15. The first-order chi connectivity index (χ1) is 8.74. The van der Waals surface area contributed by atoms with Gasteiger partial charge in [-0.25, -0.2) is 9.97 Å². The monoisotopic (exact) mass is 259 g/mol. The van der Waals surface area contributed by atoms with Gasteiger partial charge in [0.2, 0.25) is 5.82 Å². The van der Waals surface area contributed by atoms with E-state index in [2.05, 4.69) is 20.1 Å². The Balaban J connectivity index is 2.02. The Morgan fingerprint density at radius 2 is 2.28 bits per heavy atom. The summed E-state index contributed by atoms with van der Waals surface area (Å²) in [5, 5.41) is 4.56. The van der Waals surface area contributed by atoms with E-state index in [-0.39, 0.29) is 0 Å². The first-order valence-corrected chi connectivity index (χ1v) is 6.02. The number of thiophene rings is 1. The van der Waals surface area contributed by atoms with Crippen molar-refractivity contribution in [3.8, 4) is 23.0 Å². The van der Waals surface area contributed by atoms with Crippen LogP contribution < -0.4 is 5.73 Å². The van der Waals surface area contributed by atoms with Crippen molar-refractivity contribution in [2.45, 2.75) is 6.92 Å². The molecule has 0 aromatic carbocycles. The molecule has 0 saturated carbocycles. The molecule has 6 nitrogen and oxygen atoms in total. The Morgan fingerprint density at radius 1 is 1.39 bits per heavy atom. The van der Waals surface area contributed by atoms with Crippen LogP contribution in [0.4, 0.5) is 5.00 Å². The molecule has 0 atom stereocenters. The summed E-state index contributed by atoms with van der Waals surface area (Å²) in [6.07, 6.45) is 3.07. The molecular weight excluding hydrogens is 250 g/mol. The van der Waals surface area contributed by atoms with E-state index in [1.54, 1.807) is 12.3 Å². The summed E-state index contributed by atoms with van der Waals surface area (Å²) in [7, 11) is 0. The number of aromatic nitrogens is 4. The molecule has 0 fully saturated rings. The SMILES string of the molecule is Cc1cc(-c2nc(-c3ccncn3)no2)c(N)s1. The second-order valence-electron chi connectivity index (χ2n) is 3.65. The van der Waals surface area contributed by atoms with Gasteiger partial charge in [-0.3, -0.25) is 0 Å². The molecular formula is C11H9N5OS. The molecule has 0 aliphatic carbocycles. The van der Waals surface area contributed by atoms with Gasteiger partial charge in [0.05, 0.1) is 10.6 Å². The third kappa shape index (κ3) is 1.84. The van der Waals surface area contributed by atoms with Gasteiger partial charge in [0.25, 0.3) is 5.89 Å². The molecule has 90 valence electrons. The van der Waals surface area contributed by atoms with E-state index in [1.807, 2.05) is 13.0 Å². The number of nitrogen functional groups attached to an aromatic ring is 1. The van der Waals surface area contributed by atoms with E-state index in [4.69, 9.17) is 10.3 Å². The Kier molecular flexibility index (Phi) is 2.52. The lowest BCUT2D eigenvalue weighted by Gasteiger charge is -1.90. The Morgan fingerprint density at radius 3 is 2.94 bits per heavy atom. The van der Waals surface area contributed by atoms with Crippen LogP contribution in [-0.2, 0) is 0 Å². The molecule has 7 heteroatoms. The Hall–Kier alpha value is -2.28. The van der Waals surface area contributed by atoms with Crippen LogP contribution in [0.1, 0.15) is 4.88 Å². The van der Waals surface area contributed by atoms with Gasteiger partial charge in [-0.15, -0.1) is 11.3 Å². The van der Waals surface area contributed by atoms with Crippen molar-refractivity contribution >= 4 is 16.3 Å². The van der Waals surface area contributed by atoms with Gasteiger partial charge >= 0.3 is 0 Å². The highest BCUT2D eigenvalue weighted by molar-refractivity contribution is 7.16. The minimum Gasteiger partial charge on any atom is -0.390 e. The van der Waals surface area contributed by atoms with Crippen LogP contribution >= 0.6 is 11.3 Å². The molecule has 0 aliphatic heterocycles. The van der Waals surface area contributed by atoms with Gasteiger partial charge in [-0.05, 0) is 19.1 Å². The average molecular weight is 259 g/mol. The maximum absolute atomic E-state index is 5.89. The van der Waals surface area contributed by atoms with Crippen LogP contribution in [0.3, 0.4) is 0 Å². The Bertz CT molecular complexity index is 676. The van der Waals surface area contributed by atoms with Crippen LogP contribution in [0.5, 0.6) is 0 Å². The van der Waals surface area contributed by atoms with Gasteiger partial charge in [0.15, 0.2) is 0 Å². The quantitative estimate of drug-likeness (QED) is 0.758. The summed E-state index contributed by atoms with van der Waals surface area (Å²) in [4.78, 5) is 13.3. The van der Waals surface area contributed by atoms with Crippen molar-refractivity contribution < 1.29 is 4.52 Å². The van der Waals surface area contributed by atoms with Gasteiger partial charge in [0.1, 0.15) is 12.0 Å². The number of nitrogens with two attached hydrogens (primary N) is 1. The predicted molar refractivity (Wildman–Crippen MR) is 67.8 cm³/mol. The smallest absolute Gasteiger partial charge is 0.261 e. The number of hydrogen-bond acceptors (Lipinski definition) is 7. The van der Waals surface area contributed by atoms with E-state index >= 15 is 0 Å². The van der Waals surface area contributed by atoms with Gasteiger partial charge < -0.3 is 10.3 Å². The maximum Gasteiger partial charge on any atom is 0.261 e. The van der Waals surface area contributed by atoms with E-state index < -0.39 is 0 Å². The van der Waals surface area contributed by atoms with Crippen LogP contribution in [-0.4, -0.2) is 20.1 Å². The fraction of sp³-hybridized carbons (Fsp3) is 0.0909. The fourth-order valence-corrected chi connectivity index (χ4v) is 2.34. The van der Waals surface area contributed by atoms with E-state index in [0.29, 0.717) is 22.4 Å². The van der Waals surface area contributed by atoms with Crippen LogP contribution in [0, 0.1) is 6.92 Å². The van der Waals surface area contributed by atoms with Crippen molar-refractivity contribution in [2.75, 3.05) is 5.73 Å². The van der Waals surface area contributed by atoms with Gasteiger partial charge in [-0.1, -0.05) is 5.16 Å². The molecule has 0 unspecified atom stereocenters. The Labute approximate surface area is 107 Å². The zero-order valence-electron chi connectivity index (χ0n) is 9.49. The second kappa shape index (κ2) is 4.19. The molecule has 0 saturated heterocycles. The number of rotatable bonds is 2. The standard InChI is InChI=1S/C11H9N5OS/c1-6-4-7(9(12)18-6)11-15-10(16-17-11)8-2-3-13-5-14-8/h2-5H,12H2,1H3. The van der Waals surface area contributed by atoms with E-state index in [0.717, 1.165) is 10.4 Å². The van der Waals surface area contributed by atoms with Crippen LogP contribution in [0.15, 0.2) is 29.2 Å². The van der Waals surface area contributed by atoms with Crippen molar-refractivity contribution in [2.24, 2.45) is 0 Å². The summed E-state index contributed by atoms with van der Waals surface area (Å²) in [6, 6.07) is 3.65. The van der Waals surface area contributed by atoms with Crippen LogP contribution in [0.25, 0.3) is 23.0 Å². The summed E-state index contributed by atoms with van der Waals surface area (Å²) in [5.74, 6) is 0.834. The lowest BCUT2D eigenvalue weighted by atomic mass is 10.3. The molecule has 2 N–H and O–H groups in total. The maximum atomic E-state index is 5.89. The first kappa shape index (κ1) is 10.8. The molecule has 0 amide bonds.